The Hall–Kier alpha value is -2.04. The summed E-state index contributed by atoms with van der Waals surface area (Å²) < 4.78 is 5.33. The van der Waals surface area contributed by atoms with Gasteiger partial charge in [0.05, 0.1) is 12.0 Å². The number of amides is 1. The van der Waals surface area contributed by atoms with Gasteiger partial charge in [-0.05, 0) is 38.0 Å². The molecule has 0 aliphatic carbocycles. The highest BCUT2D eigenvalue weighted by molar-refractivity contribution is 5.83. The average molecular weight is 250 g/mol. The molecule has 0 aliphatic rings. The predicted octanol–water partition coefficient (Wildman–Crippen LogP) is -0.0632. The standard InChI is InChI=1S/C13H17NO4/c1-8-5-4-6-11(9(8)2)18-7-12(15)14-10(3)13(16)17/h4-6,10H,7H2,1-3H3,(H,14,15)(H,16,17)/p-1/t10-/m1/s1. The molecule has 0 fully saturated rings. The lowest BCUT2D eigenvalue weighted by molar-refractivity contribution is -0.307. The molecule has 1 N–H and O–H groups in total. The van der Waals surface area contributed by atoms with Gasteiger partial charge in [-0.3, -0.25) is 4.79 Å². The summed E-state index contributed by atoms with van der Waals surface area (Å²) in [5.74, 6) is -1.20. The number of hydrogen-bond acceptors (Lipinski definition) is 4. The van der Waals surface area contributed by atoms with Crippen LogP contribution in [0.1, 0.15) is 18.1 Å². The quantitative estimate of drug-likeness (QED) is 0.794. The number of carboxylic acid groups (broad SMARTS) is 1. The third-order valence-corrected chi connectivity index (χ3v) is 2.64. The van der Waals surface area contributed by atoms with E-state index in [1.54, 1.807) is 6.07 Å². The van der Waals surface area contributed by atoms with Gasteiger partial charge in [0.2, 0.25) is 0 Å². The first-order valence-corrected chi connectivity index (χ1v) is 5.61. The first-order chi connectivity index (χ1) is 8.41. The highest BCUT2D eigenvalue weighted by Crippen LogP contribution is 2.20. The van der Waals surface area contributed by atoms with Crippen molar-refractivity contribution in [2.45, 2.75) is 26.8 Å². The zero-order valence-electron chi connectivity index (χ0n) is 10.6. The number of carbonyl (C=O) groups excluding carboxylic acids is 2. The normalized spacial score (nSPS) is 11.7. The van der Waals surface area contributed by atoms with Crippen LogP contribution in [0.4, 0.5) is 0 Å². The number of ether oxygens (including phenoxy) is 1. The smallest absolute Gasteiger partial charge is 0.258 e. The van der Waals surface area contributed by atoms with Crippen molar-refractivity contribution in [3.05, 3.63) is 29.3 Å². The van der Waals surface area contributed by atoms with Crippen molar-refractivity contribution in [1.82, 2.24) is 5.32 Å². The Morgan fingerprint density at radius 3 is 2.67 bits per heavy atom. The average Bonchev–Trinajstić information content (AvgIpc) is 2.31. The zero-order valence-corrected chi connectivity index (χ0v) is 10.6. The molecule has 0 aromatic heterocycles. The lowest BCUT2D eigenvalue weighted by atomic mass is 10.1. The Bertz CT molecular complexity index is 456. The van der Waals surface area contributed by atoms with E-state index in [-0.39, 0.29) is 6.61 Å². The highest BCUT2D eigenvalue weighted by Gasteiger charge is 2.09. The van der Waals surface area contributed by atoms with Gasteiger partial charge < -0.3 is 20.0 Å². The van der Waals surface area contributed by atoms with Gasteiger partial charge >= 0.3 is 0 Å². The van der Waals surface area contributed by atoms with Crippen molar-refractivity contribution in [3.63, 3.8) is 0 Å². The Balaban J connectivity index is 2.53. The molecule has 1 rings (SSSR count). The number of carboxylic acids is 1. The number of rotatable bonds is 5. The van der Waals surface area contributed by atoms with Gasteiger partial charge in [0.25, 0.3) is 5.91 Å². The fourth-order valence-corrected chi connectivity index (χ4v) is 1.37. The molecule has 0 unspecified atom stereocenters. The van der Waals surface area contributed by atoms with Gasteiger partial charge in [0.15, 0.2) is 6.61 Å². The maximum atomic E-state index is 11.4. The number of aliphatic carboxylic acids is 1. The zero-order chi connectivity index (χ0) is 13.7. The van der Waals surface area contributed by atoms with Crippen LogP contribution in [0.15, 0.2) is 18.2 Å². The SMILES string of the molecule is Cc1cccc(OCC(=O)N[C@H](C)C(=O)[O-])c1C. The minimum Gasteiger partial charge on any atom is -0.548 e. The van der Waals surface area contributed by atoms with E-state index in [4.69, 9.17) is 4.74 Å². The van der Waals surface area contributed by atoms with Crippen molar-refractivity contribution >= 4 is 11.9 Å². The topological polar surface area (TPSA) is 78.5 Å². The summed E-state index contributed by atoms with van der Waals surface area (Å²) in [5.41, 5.74) is 2.02. The molecule has 0 bridgehead atoms. The molecule has 0 spiro atoms. The molecular weight excluding hydrogens is 234 g/mol. The van der Waals surface area contributed by atoms with Crippen molar-refractivity contribution < 1.29 is 19.4 Å². The van der Waals surface area contributed by atoms with Gasteiger partial charge in [0, 0.05) is 0 Å². The van der Waals surface area contributed by atoms with Gasteiger partial charge in [-0.1, -0.05) is 12.1 Å². The van der Waals surface area contributed by atoms with Crippen LogP contribution in [0.3, 0.4) is 0 Å². The molecule has 5 nitrogen and oxygen atoms in total. The monoisotopic (exact) mass is 250 g/mol. The summed E-state index contributed by atoms with van der Waals surface area (Å²) >= 11 is 0. The van der Waals surface area contributed by atoms with Crippen LogP contribution in [0, 0.1) is 13.8 Å². The van der Waals surface area contributed by atoms with Gasteiger partial charge in [0.1, 0.15) is 5.75 Å². The van der Waals surface area contributed by atoms with Crippen LogP contribution in [-0.2, 0) is 9.59 Å². The van der Waals surface area contributed by atoms with Crippen LogP contribution in [-0.4, -0.2) is 24.5 Å². The van der Waals surface area contributed by atoms with Gasteiger partial charge in [-0.15, -0.1) is 0 Å². The van der Waals surface area contributed by atoms with E-state index in [9.17, 15) is 14.7 Å². The Labute approximate surface area is 106 Å². The first kappa shape index (κ1) is 14.0. The number of aryl methyl sites for hydroxylation is 1. The second kappa shape index (κ2) is 6.05. The molecule has 18 heavy (non-hydrogen) atoms. The van der Waals surface area contributed by atoms with Crippen molar-refractivity contribution in [2.24, 2.45) is 0 Å². The summed E-state index contributed by atoms with van der Waals surface area (Å²) in [6.45, 7) is 4.96. The van der Waals surface area contributed by atoms with Crippen molar-refractivity contribution in [2.75, 3.05) is 6.61 Å². The summed E-state index contributed by atoms with van der Waals surface area (Å²) in [7, 11) is 0. The van der Waals surface area contributed by atoms with Crippen LogP contribution in [0.5, 0.6) is 5.75 Å². The first-order valence-electron chi connectivity index (χ1n) is 5.61. The third kappa shape index (κ3) is 3.76. The lowest BCUT2D eigenvalue weighted by Gasteiger charge is -2.15. The van der Waals surface area contributed by atoms with E-state index in [1.807, 2.05) is 26.0 Å². The van der Waals surface area contributed by atoms with Crippen molar-refractivity contribution in [1.29, 1.82) is 0 Å². The van der Waals surface area contributed by atoms with E-state index in [2.05, 4.69) is 5.32 Å². The highest BCUT2D eigenvalue weighted by atomic mass is 16.5. The molecule has 1 aromatic carbocycles. The Kier molecular flexibility index (Phi) is 4.71. The largest absolute Gasteiger partial charge is 0.548 e. The van der Waals surface area contributed by atoms with E-state index < -0.39 is 17.9 Å². The Morgan fingerprint density at radius 2 is 2.06 bits per heavy atom. The number of carbonyl (C=O) groups is 2. The second-order valence-corrected chi connectivity index (χ2v) is 4.09. The molecule has 0 aliphatic heterocycles. The van der Waals surface area contributed by atoms with E-state index in [0.29, 0.717) is 5.75 Å². The number of nitrogens with one attached hydrogen (secondary N) is 1. The number of benzene rings is 1. The molecule has 98 valence electrons. The van der Waals surface area contributed by atoms with Gasteiger partial charge in [-0.2, -0.15) is 0 Å². The minimum atomic E-state index is -1.32. The van der Waals surface area contributed by atoms with Crippen LogP contribution in [0.2, 0.25) is 0 Å². The number of hydrogen-bond donors (Lipinski definition) is 1. The Morgan fingerprint density at radius 1 is 1.39 bits per heavy atom. The van der Waals surface area contributed by atoms with E-state index >= 15 is 0 Å². The molecule has 0 saturated heterocycles. The summed E-state index contributed by atoms with van der Waals surface area (Å²) in [4.78, 5) is 21.8. The minimum absolute atomic E-state index is 0.220. The van der Waals surface area contributed by atoms with Crippen LogP contribution in [0.25, 0.3) is 0 Å². The lowest BCUT2D eigenvalue weighted by Crippen LogP contribution is -2.47. The molecule has 1 amide bonds. The molecular formula is C13H16NO4-. The molecule has 0 radical (unpaired) electrons. The fraction of sp³-hybridized carbons (Fsp3) is 0.385. The maximum absolute atomic E-state index is 11.4. The molecule has 1 aromatic rings. The second-order valence-electron chi connectivity index (χ2n) is 4.09. The molecule has 5 heteroatoms. The molecule has 0 heterocycles. The molecule has 1 atom stereocenters. The van der Waals surface area contributed by atoms with E-state index in [1.165, 1.54) is 6.92 Å². The summed E-state index contributed by atoms with van der Waals surface area (Å²) in [6.07, 6.45) is 0. The summed E-state index contributed by atoms with van der Waals surface area (Å²) in [6, 6.07) is 4.51. The fourth-order valence-electron chi connectivity index (χ4n) is 1.37. The summed E-state index contributed by atoms with van der Waals surface area (Å²) in [5, 5.41) is 12.7. The van der Waals surface area contributed by atoms with Crippen molar-refractivity contribution in [3.8, 4) is 5.75 Å². The van der Waals surface area contributed by atoms with Crippen LogP contribution >= 0.6 is 0 Å². The maximum Gasteiger partial charge on any atom is 0.258 e. The third-order valence-electron chi connectivity index (χ3n) is 2.64. The van der Waals surface area contributed by atoms with Crippen LogP contribution < -0.4 is 15.2 Å². The molecule has 0 saturated carbocycles. The van der Waals surface area contributed by atoms with Gasteiger partial charge in [-0.25, -0.2) is 0 Å². The van der Waals surface area contributed by atoms with E-state index in [0.717, 1.165) is 11.1 Å². The predicted molar refractivity (Wildman–Crippen MR) is 64.0 cm³/mol.